The van der Waals surface area contributed by atoms with Gasteiger partial charge in [0.05, 0.1) is 5.56 Å². The molecule has 0 aliphatic rings. The Bertz CT molecular complexity index is 1190. The van der Waals surface area contributed by atoms with Crippen LogP contribution in [0.25, 0.3) is 0 Å². The fraction of sp³-hybridized carbons (Fsp3) is 0.217. The molecule has 1 amide bonds. The molecule has 0 spiro atoms. The number of carbonyl (C=O) groups excluding carboxylic acids is 3. The number of halogens is 3. The third-order valence-corrected chi connectivity index (χ3v) is 4.67. The van der Waals surface area contributed by atoms with Crippen LogP contribution < -0.4 is 10.2 Å². The van der Waals surface area contributed by atoms with Gasteiger partial charge in [-0.05, 0) is 38.1 Å². The van der Waals surface area contributed by atoms with Gasteiger partial charge in [-0.15, -0.1) is 0 Å². The first-order chi connectivity index (χ1) is 16.0. The van der Waals surface area contributed by atoms with Gasteiger partial charge in [0.25, 0.3) is 5.91 Å². The summed E-state index contributed by atoms with van der Waals surface area (Å²) in [5.74, 6) is -2.05. The van der Waals surface area contributed by atoms with Crippen LogP contribution in [-0.4, -0.2) is 46.7 Å². The maximum absolute atomic E-state index is 12.6. The zero-order valence-electron chi connectivity index (χ0n) is 18.2. The Balaban J connectivity index is 1.60. The summed E-state index contributed by atoms with van der Waals surface area (Å²) in [7, 11) is 0. The highest BCUT2D eigenvalue weighted by Gasteiger charge is 2.28. The number of alkyl halides is 3. The van der Waals surface area contributed by atoms with Crippen LogP contribution in [-0.2, 0) is 4.74 Å². The maximum atomic E-state index is 12.6. The van der Waals surface area contributed by atoms with Crippen molar-refractivity contribution in [2.24, 2.45) is 0 Å². The van der Waals surface area contributed by atoms with E-state index in [4.69, 9.17) is 4.74 Å². The second-order valence-electron chi connectivity index (χ2n) is 7.22. The van der Waals surface area contributed by atoms with Crippen molar-refractivity contribution in [1.82, 2.24) is 9.66 Å². The zero-order chi connectivity index (χ0) is 24.9. The first-order valence-corrected chi connectivity index (χ1v) is 9.96. The van der Waals surface area contributed by atoms with Crippen molar-refractivity contribution in [2.75, 3.05) is 18.6 Å². The van der Waals surface area contributed by atoms with E-state index in [9.17, 15) is 27.6 Å². The Hall–Kier alpha value is -4.15. The molecule has 11 heteroatoms. The van der Waals surface area contributed by atoms with Crippen LogP contribution in [0.1, 0.15) is 42.5 Å². The lowest BCUT2D eigenvalue weighted by atomic mass is 10.1. The molecule has 1 N–H and O–H groups in total. The lowest BCUT2D eigenvalue weighted by molar-refractivity contribution is -0.154. The number of aromatic nitrogens is 2. The van der Waals surface area contributed by atoms with E-state index in [2.05, 4.69) is 15.1 Å². The average molecular weight is 475 g/mol. The minimum Gasteiger partial charge on any atom is -0.468 e. The third kappa shape index (κ3) is 6.21. The molecule has 0 aliphatic carbocycles. The zero-order valence-corrected chi connectivity index (χ0v) is 18.2. The quantitative estimate of drug-likeness (QED) is 0.392. The number of hydrogen-bond donors (Lipinski definition) is 1. The van der Waals surface area contributed by atoms with Gasteiger partial charge in [-0.2, -0.15) is 13.2 Å². The average Bonchev–Trinajstić information content (AvgIpc) is 3.09. The number of aryl methyl sites for hydroxylation is 1. The van der Waals surface area contributed by atoms with E-state index in [0.29, 0.717) is 17.0 Å². The van der Waals surface area contributed by atoms with Gasteiger partial charge in [-0.3, -0.25) is 19.7 Å². The van der Waals surface area contributed by atoms with Gasteiger partial charge in [-0.1, -0.05) is 18.2 Å². The highest BCUT2D eigenvalue weighted by Crippen LogP contribution is 2.18. The van der Waals surface area contributed by atoms with Crippen LogP contribution in [0.3, 0.4) is 0 Å². The van der Waals surface area contributed by atoms with Crippen LogP contribution in [0.15, 0.2) is 54.7 Å². The lowest BCUT2D eigenvalue weighted by Gasteiger charge is -2.12. The number of Topliss-reactive ketones (excluding diaryl/α,β-unsaturated/α-hetero) is 1. The second kappa shape index (κ2) is 10.2. The van der Waals surface area contributed by atoms with E-state index in [1.54, 1.807) is 50.2 Å². The van der Waals surface area contributed by atoms with Crippen molar-refractivity contribution in [2.45, 2.75) is 20.0 Å². The van der Waals surface area contributed by atoms with Crippen molar-refractivity contribution >= 4 is 17.7 Å². The van der Waals surface area contributed by atoms with E-state index in [1.807, 2.05) is 0 Å². The minimum atomic E-state index is -4.51. The monoisotopic (exact) mass is 475 g/mol. The summed E-state index contributed by atoms with van der Waals surface area (Å²) in [6.45, 7) is 1.25. The van der Waals surface area contributed by atoms with Crippen LogP contribution >= 0.6 is 0 Å². The van der Waals surface area contributed by atoms with Gasteiger partial charge in [-0.25, -0.2) is 9.78 Å². The SMILES string of the molecule is Cc1cc(C(=O)COC(=O)c2ccc(OCC(F)(F)F)nc2)c(C)n1NC(=O)c1ccccc1. The molecule has 0 atom stereocenters. The van der Waals surface area contributed by atoms with E-state index >= 15 is 0 Å². The summed E-state index contributed by atoms with van der Waals surface area (Å²) in [5, 5.41) is 0. The number of amides is 1. The molecule has 0 unspecified atom stereocenters. The highest BCUT2D eigenvalue weighted by molar-refractivity contribution is 6.02. The molecular weight excluding hydrogens is 455 g/mol. The number of ether oxygens (including phenoxy) is 2. The maximum Gasteiger partial charge on any atom is 0.422 e. The van der Waals surface area contributed by atoms with Gasteiger partial charge in [0, 0.05) is 34.8 Å². The summed E-state index contributed by atoms with van der Waals surface area (Å²) in [6, 6.07) is 12.4. The number of esters is 1. The molecule has 34 heavy (non-hydrogen) atoms. The molecule has 2 aromatic heterocycles. The number of hydrogen-bond acceptors (Lipinski definition) is 6. The van der Waals surface area contributed by atoms with Crippen LogP contribution in [0.4, 0.5) is 13.2 Å². The Morgan fingerprint density at radius 2 is 1.74 bits per heavy atom. The molecule has 0 fully saturated rings. The second-order valence-corrected chi connectivity index (χ2v) is 7.22. The lowest BCUT2D eigenvalue weighted by Crippen LogP contribution is -2.25. The molecule has 0 saturated carbocycles. The predicted molar refractivity (Wildman–Crippen MR) is 114 cm³/mol. The topological polar surface area (TPSA) is 99.5 Å². The smallest absolute Gasteiger partial charge is 0.422 e. The van der Waals surface area contributed by atoms with E-state index in [0.717, 1.165) is 12.3 Å². The van der Waals surface area contributed by atoms with E-state index < -0.39 is 31.1 Å². The molecule has 8 nitrogen and oxygen atoms in total. The van der Waals surface area contributed by atoms with Crippen molar-refractivity contribution in [3.8, 4) is 5.88 Å². The number of rotatable bonds is 8. The molecule has 3 rings (SSSR count). The van der Waals surface area contributed by atoms with Crippen LogP contribution in [0, 0.1) is 13.8 Å². The standard InChI is InChI=1S/C23H20F3N3O5/c1-14-10-18(15(2)29(14)28-21(31)16-6-4-3-5-7-16)19(30)12-33-22(32)17-8-9-20(27-11-17)34-13-23(24,25)26/h3-11H,12-13H2,1-2H3,(H,28,31). The number of pyridine rings is 1. The summed E-state index contributed by atoms with van der Waals surface area (Å²) in [4.78, 5) is 40.8. The fourth-order valence-corrected chi connectivity index (χ4v) is 3.01. The number of nitrogens with one attached hydrogen (secondary N) is 1. The molecule has 3 aromatic rings. The summed E-state index contributed by atoms with van der Waals surface area (Å²) in [5.41, 5.74) is 4.40. The molecule has 0 saturated heterocycles. The molecule has 0 aliphatic heterocycles. The number of carbonyl (C=O) groups is 3. The van der Waals surface area contributed by atoms with Crippen molar-refractivity contribution in [1.29, 1.82) is 0 Å². The largest absolute Gasteiger partial charge is 0.468 e. The van der Waals surface area contributed by atoms with E-state index in [-0.39, 0.29) is 22.9 Å². The Labute approximate surface area is 192 Å². The summed E-state index contributed by atoms with van der Waals surface area (Å²) >= 11 is 0. The van der Waals surface area contributed by atoms with Gasteiger partial charge < -0.3 is 9.47 Å². The van der Waals surface area contributed by atoms with Crippen molar-refractivity contribution in [3.63, 3.8) is 0 Å². The van der Waals surface area contributed by atoms with Gasteiger partial charge in [0.2, 0.25) is 11.7 Å². The molecular formula is C23H20F3N3O5. The van der Waals surface area contributed by atoms with Crippen LogP contribution in [0.5, 0.6) is 5.88 Å². The van der Waals surface area contributed by atoms with Gasteiger partial charge >= 0.3 is 12.1 Å². The molecule has 0 bridgehead atoms. The van der Waals surface area contributed by atoms with Crippen LogP contribution in [0.2, 0.25) is 0 Å². The Morgan fingerprint density at radius 1 is 1.03 bits per heavy atom. The highest BCUT2D eigenvalue weighted by atomic mass is 19.4. The number of ketones is 1. The summed E-state index contributed by atoms with van der Waals surface area (Å²) in [6.07, 6.45) is -3.52. The number of nitrogens with zero attached hydrogens (tertiary/aromatic N) is 2. The van der Waals surface area contributed by atoms with Crippen molar-refractivity contribution < 1.29 is 37.0 Å². The summed E-state index contributed by atoms with van der Waals surface area (Å²) < 4.78 is 47.5. The first kappa shape index (κ1) is 24.5. The van der Waals surface area contributed by atoms with Gasteiger partial charge in [0.1, 0.15) is 0 Å². The Kier molecular flexibility index (Phi) is 7.34. The van der Waals surface area contributed by atoms with E-state index in [1.165, 1.54) is 10.7 Å². The Morgan fingerprint density at radius 3 is 2.35 bits per heavy atom. The normalized spacial score (nSPS) is 11.1. The molecule has 2 heterocycles. The molecule has 178 valence electrons. The third-order valence-electron chi connectivity index (χ3n) is 4.67. The van der Waals surface area contributed by atoms with Gasteiger partial charge in [0.15, 0.2) is 13.2 Å². The number of benzene rings is 1. The molecule has 0 radical (unpaired) electrons. The van der Waals surface area contributed by atoms with Crippen molar-refractivity contribution in [3.05, 3.63) is 82.8 Å². The predicted octanol–water partition coefficient (Wildman–Crippen LogP) is 3.86. The fourth-order valence-electron chi connectivity index (χ4n) is 3.01. The minimum absolute atomic E-state index is 0.0623. The first-order valence-electron chi connectivity index (χ1n) is 9.96. The molecule has 1 aromatic carbocycles.